The third-order valence-corrected chi connectivity index (χ3v) is 7.53. The van der Waals surface area contributed by atoms with E-state index in [1.54, 1.807) is 0 Å². The molecule has 3 heteroatoms. The van der Waals surface area contributed by atoms with E-state index in [9.17, 15) is 5.11 Å². The van der Waals surface area contributed by atoms with Crippen molar-refractivity contribution in [2.45, 2.75) is 56.6 Å². The molecule has 5 atom stereocenters. The zero-order valence-corrected chi connectivity index (χ0v) is 12.6. The molecule has 0 radical (unpaired) electrons. The zero-order chi connectivity index (χ0) is 12.9. The fourth-order valence-corrected chi connectivity index (χ4v) is 6.80. The molecule has 0 aromatic carbocycles. The third kappa shape index (κ3) is 2.26. The molecule has 0 aromatic heterocycles. The summed E-state index contributed by atoms with van der Waals surface area (Å²) in [6.07, 6.45) is 9.34. The first-order chi connectivity index (χ1) is 9.25. The van der Waals surface area contributed by atoms with E-state index in [4.69, 9.17) is 0 Å². The van der Waals surface area contributed by atoms with Crippen LogP contribution in [0.25, 0.3) is 0 Å². The van der Waals surface area contributed by atoms with Gasteiger partial charge in [-0.05, 0) is 73.7 Å². The summed E-state index contributed by atoms with van der Waals surface area (Å²) in [6, 6.07) is 0.725. The Balaban J connectivity index is 1.35. The van der Waals surface area contributed by atoms with Crippen molar-refractivity contribution >= 4 is 11.8 Å². The molecule has 3 aliphatic carbocycles. The predicted octanol–water partition coefficient (Wildman–Crippen LogP) is 2.66. The second-order valence-corrected chi connectivity index (χ2v) is 8.70. The van der Waals surface area contributed by atoms with Crippen LogP contribution in [0.4, 0.5) is 0 Å². The van der Waals surface area contributed by atoms with Crippen LogP contribution in [0.2, 0.25) is 0 Å². The van der Waals surface area contributed by atoms with E-state index in [1.807, 2.05) is 11.8 Å². The molecule has 0 aromatic rings. The van der Waals surface area contributed by atoms with Gasteiger partial charge < -0.3 is 10.4 Å². The first-order valence-corrected chi connectivity index (χ1v) is 9.44. The van der Waals surface area contributed by atoms with Crippen molar-refractivity contribution in [1.29, 1.82) is 0 Å². The Bertz CT molecular complexity index is 342. The lowest BCUT2D eigenvalue weighted by atomic mass is 9.79. The lowest BCUT2D eigenvalue weighted by Crippen LogP contribution is -2.49. The van der Waals surface area contributed by atoms with Crippen LogP contribution >= 0.6 is 11.8 Å². The second-order valence-electron chi connectivity index (χ2n) is 7.48. The minimum absolute atomic E-state index is 0.401. The Morgan fingerprint density at radius 1 is 1.05 bits per heavy atom. The fraction of sp³-hybridized carbons (Fsp3) is 1.00. The van der Waals surface area contributed by atoms with Crippen LogP contribution in [-0.4, -0.2) is 34.8 Å². The molecule has 5 unspecified atom stereocenters. The molecule has 2 bridgehead atoms. The summed E-state index contributed by atoms with van der Waals surface area (Å²) in [4.78, 5) is 0. The van der Waals surface area contributed by atoms with Crippen LogP contribution in [0.5, 0.6) is 0 Å². The van der Waals surface area contributed by atoms with E-state index >= 15 is 0 Å². The Morgan fingerprint density at radius 2 is 1.84 bits per heavy atom. The largest absolute Gasteiger partial charge is 0.389 e. The molecule has 4 aliphatic rings. The van der Waals surface area contributed by atoms with Crippen molar-refractivity contribution in [1.82, 2.24) is 5.32 Å². The van der Waals surface area contributed by atoms with Gasteiger partial charge in [0, 0.05) is 12.6 Å². The molecule has 0 spiro atoms. The minimum Gasteiger partial charge on any atom is -0.389 e. The maximum absolute atomic E-state index is 10.6. The molecule has 0 amide bonds. The standard InChI is InChI=1S/C16H27NOS/c18-16(4-6-19-7-5-16)10-17-15-9-11-8-14(15)13-3-1-2-12(11)13/h11-15,17-18H,1-10H2. The molecule has 1 heterocycles. The number of aliphatic hydroxyl groups is 1. The number of nitrogens with one attached hydrogen (secondary N) is 1. The van der Waals surface area contributed by atoms with Gasteiger partial charge in [0.25, 0.3) is 0 Å². The van der Waals surface area contributed by atoms with Crippen LogP contribution in [0, 0.1) is 23.7 Å². The van der Waals surface area contributed by atoms with Crippen molar-refractivity contribution in [2.24, 2.45) is 23.7 Å². The number of thioether (sulfide) groups is 1. The number of hydrogen-bond donors (Lipinski definition) is 2. The molecule has 19 heavy (non-hydrogen) atoms. The van der Waals surface area contributed by atoms with Gasteiger partial charge in [-0.1, -0.05) is 6.42 Å². The van der Waals surface area contributed by atoms with E-state index in [1.165, 1.54) is 32.1 Å². The molecule has 2 nitrogen and oxygen atoms in total. The van der Waals surface area contributed by atoms with Crippen molar-refractivity contribution in [2.75, 3.05) is 18.1 Å². The van der Waals surface area contributed by atoms with Crippen LogP contribution in [0.15, 0.2) is 0 Å². The van der Waals surface area contributed by atoms with E-state index in [0.717, 1.165) is 60.6 Å². The third-order valence-electron chi connectivity index (χ3n) is 6.55. The fourth-order valence-electron chi connectivity index (χ4n) is 5.55. The zero-order valence-electron chi connectivity index (χ0n) is 11.8. The lowest BCUT2D eigenvalue weighted by Gasteiger charge is -2.37. The summed E-state index contributed by atoms with van der Waals surface area (Å²) in [6.45, 7) is 0.846. The lowest BCUT2D eigenvalue weighted by molar-refractivity contribution is 0.0256. The summed E-state index contributed by atoms with van der Waals surface area (Å²) in [5, 5.41) is 14.4. The van der Waals surface area contributed by atoms with E-state index in [-0.39, 0.29) is 0 Å². The van der Waals surface area contributed by atoms with Crippen LogP contribution < -0.4 is 5.32 Å². The van der Waals surface area contributed by atoms with Gasteiger partial charge in [-0.2, -0.15) is 11.8 Å². The Kier molecular flexibility index (Phi) is 3.36. The monoisotopic (exact) mass is 281 g/mol. The smallest absolute Gasteiger partial charge is 0.0787 e. The molecule has 1 aliphatic heterocycles. The summed E-state index contributed by atoms with van der Waals surface area (Å²) in [7, 11) is 0. The first kappa shape index (κ1) is 13.0. The Morgan fingerprint density at radius 3 is 2.68 bits per heavy atom. The van der Waals surface area contributed by atoms with Gasteiger partial charge in [0.2, 0.25) is 0 Å². The van der Waals surface area contributed by atoms with Crippen LogP contribution in [-0.2, 0) is 0 Å². The molecule has 1 saturated heterocycles. The van der Waals surface area contributed by atoms with Gasteiger partial charge in [0.1, 0.15) is 0 Å². The maximum Gasteiger partial charge on any atom is 0.0787 e. The highest BCUT2D eigenvalue weighted by Crippen LogP contribution is 2.58. The highest BCUT2D eigenvalue weighted by molar-refractivity contribution is 7.99. The molecule has 4 rings (SSSR count). The molecule has 2 N–H and O–H groups in total. The van der Waals surface area contributed by atoms with E-state index in [0.29, 0.717) is 0 Å². The molecule has 108 valence electrons. The van der Waals surface area contributed by atoms with Crippen molar-refractivity contribution < 1.29 is 5.11 Å². The average molecular weight is 281 g/mol. The van der Waals surface area contributed by atoms with Crippen molar-refractivity contribution in [3.63, 3.8) is 0 Å². The van der Waals surface area contributed by atoms with E-state index in [2.05, 4.69) is 5.32 Å². The van der Waals surface area contributed by atoms with E-state index < -0.39 is 5.60 Å². The van der Waals surface area contributed by atoms with Gasteiger partial charge in [-0.25, -0.2) is 0 Å². The van der Waals surface area contributed by atoms with Gasteiger partial charge in [0.15, 0.2) is 0 Å². The molecule has 3 saturated carbocycles. The summed E-state index contributed by atoms with van der Waals surface area (Å²) < 4.78 is 0. The summed E-state index contributed by atoms with van der Waals surface area (Å²) in [5.74, 6) is 6.36. The molecular weight excluding hydrogens is 254 g/mol. The molecular formula is C16H27NOS. The topological polar surface area (TPSA) is 32.3 Å². The first-order valence-electron chi connectivity index (χ1n) is 8.29. The highest BCUT2D eigenvalue weighted by Gasteiger charge is 2.53. The van der Waals surface area contributed by atoms with Gasteiger partial charge in [-0.15, -0.1) is 0 Å². The predicted molar refractivity (Wildman–Crippen MR) is 80.3 cm³/mol. The normalized spacial score (nSPS) is 47.5. The number of rotatable bonds is 3. The Labute approximate surface area is 121 Å². The molecule has 4 fully saturated rings. The van der Waals surface area contributed by atoms with Gasteiger partial charge in [-0.3, -0.25) is 0 Å². The number of fused-ring (bicyclic) bond motifs is 5. The average Bonchev–Trinajstić information content (AvgIpc) is 3.10. The SMILES string of the molecule is OC1(CNC2CC3CC2C2CCCC32)CCSCC1. The quantitative estimate of drug-likeness (QED) is 0.834. The van der Waals surface area contributed by atoms with Crippen molar-refractivity contribution in [3.8, 4) is 0 Å². The van der Waals surface area contributed by atoms with Gasteiger partial charge in [0.05, 0.1) is 5.60 Å². The minimum atomic E-state index is -0.401. The summed E-state index contributed by atoms with van der Waals surface area (Å²) in [5.41, 5.74) is -0.401. The summed E-state index contributed by atoms with van der Waals surface area (Å²) >= 11 is 1.99. The van der Waals surface area contributed by atoms with Gasteiger partial charge >= 0.3 is 0 Å². The maximum atomic E-state index is 10.6. The second kappa shape index (κ2) is 4.92. The van der Waals surface area contributed by atoms with Crippen molar-refractivity contribution in [3.05, 3.63) is 0 Å². The van der Waals surface area contributed by atoms with Crippen LogP contribution in [0.3, 0.4) is 0 Å². The van der Waals surface area contributed by atoms with Crippen LogP contribution in [0.1, 0.15) is 44.9 Å². The Hall–Kier alpha value is 0.270. The highest BCUT2D eigenvalue weighted by atomic mass is 32.2. The number of hydrogen-bond acceptors (Lipinski definition) is 3.